The van der Waals surface area contributed by atoms with Gasteiger partial charge in [0.1, 0.15) is 18.1 Å². The summed E-state index contributed by atoms with van der Waals surface area (Å²) in [5.74, 6) is 1.21. The molecule has 6 heteroatoms. The van der Waals surface area contributed by atoms with E-state index >= 15 is 0 Å². The van der Waals surface area contributed by atoms with Gasteiger partial charge in [0.25, 0.3) is 0 Å². The second-order valence-corrected chi connectivity index (χ2v) is 5.49. The fourth-order valence-corrected chi connectivity index (χ4v) is 2.08. The summed E-state index contributed by atoms with van der Waals surface area (Å²) < 4.78 is 10.7. The predicted octanol–water partition coefficient (Wildman–Crippen LogP) is 3.29. The topological polar surface area (TPSA) is 51.7 Å². The van der Waals surface area contributed by atoms with E-state index in [4.69, 9.17) is 21.1 Å². The van der Waals surface area contributed by atoms with E-state index in [0.717, 1.165) is 5.56 Å². The Morgan fingerprint density at radius 1 is 1.29 bits per heavy atom. The van der Waals surface area contributed by atoms with Crippen LogP contribution in [0.3, 0.4) is 0 Å². The molecule has 0 spiro atoms. The lowest BCUT2D eigenvalue weighted by Gasteiger charge is -2.15. The maximum Gasteiger partial charge on any atom is 0.246 e. The molecule has 5 nitrogen and oxygen atoms in total. The molecule has 2 rings (SSSR count). The minimum atomic E-state index is -0.118. The van der Waals surface area contributed by atoms with Crippen LogP contribution in [0.15, 0.2) is 48.8 Å². The van der Waals surface area contributed by atoms with Crippen molar-refractivity contribution in [2.75, 3.05) is 27.3 Å². The van der Waals surface area contributed by atoms with E-state index in [2.05, 4.69) is 4.98 Å². The standard InChI is InChI=1S/C18H19ClN2O3/c1-21(8-9-24-16-5-3-4-15(19)11-16)18(22)7-6-14-10-17(23-2)13-20-12-14/h3-7,10-13H,8-9H2,1-2H3. The van der Waals surface area contributed by atoms with Crippen LogP contribution in [0.25, 0.3) is 6.08 Å². The van der Waals surface area contributed by atoms with Gasteiger partial charge in [-0.05, 0) is 35.9 Å². The highest BCUT2D eigenvalue weighted by Gasteiger charge is 2.05. The van der Waals surface area contributed by atoms with Crippen molar-refractivity contribution in [1.82, 2.24) is 9.88 Å². The molecule has 0 fully saturated rings. The van der Waals surface area contributed by atoms with Gasteiger partial charge in [0, 0.05) is 24.3 Å². The van der Waals surface area contributed by atoms with E-state index < -0.39 is 0 Å². The van der Waals surface area contributed by atoms with Crippen LogP contribution in [0.1, 0.15) is 5.56 Å². The van der Waals surface area contributed by atoms with Gasteiger partial charge in [-0.2, -0.15) is 0 Å². The van der Waals surface area contributed by atoms with E-state index in [1.54, 1.807) is 55.7 Å². The summed E-state index contributed by atoms with van der Waals surface area (Å²) in [6.45, 7) is 0.850. The molecule has 126 valence electrons. The van der Waals surface area contributed by atoms with Crippen LogP contribution in [0.4, 0.5) is 0 Å². The van der Waals surface area contributed by atoms with Gasteiger partial charge in [0.05, 0.1) is 19.9 Å². The van der Waals surface area contributed by atoms with Gasteiger partial charge in [-0.25, -0.2) is 0 Å². The Bertz CT molecular complexity index is 719. The molecule has 0 aliphatic heterocycles. The summed E-state index contributed by atoms with van der Waals surface area (Å²) in [5.41, 5.74) is 0.797. The quantitative estimate of drug-likeness (QED) is 0.722. The Morgan fingerprint density at radius 2 is 2.12 bits per heavy atom. The van der Waals surface area contributed by atoms with Crippen molar-refractivity contribution < 1.29 is 14.3 Å². The Hall–Kier alpha value is -2.53. The molecule has 0 saturated carbocycles. The van der Waals surface area contributed by atoms with E-state index in [1.807, 2.05) is 12.1 Å². The van der Waals surface area contributed by atoms with Crippen molar-refractivity contribution in [3.05, 3.63) is 59.4 Å². The minimum absolute atomic E-state index is 0.118. The average Bonchev–Trinajstić information content (AvgIpc) is 2.59. The van der Waals surface area contributed by atoms with Crippen molar-refractivity contribution in [3.63, 3.8) is 0 Å². The maximum atomic E-state index is 12.1. The molecule has 0 unspecified atom stereocenters. The monoisotopic (exact) mass is 346 g/mol. The fourth-order valence-electron chi connectivity index (χ4n) is 1.90. The number of likely N-dealkylation sites (N-methyl/N-ethyl adjacent to an activating group) is 1. The zero-order valence-corrected chi connectivity index (χ0v) is 14.4. The summed E-state index contributed by atoms with van der Waals surface area (Å²) in [6, 6.07) is 8.96. The zero-order chi connectivity index (χ0) is 17.4. The Balaban J connectivity index is 1.82. The van der Waals surface area contributed by atoms with Crippen LogP contribution in [0.2, 0.25) is 5.02 Å². The summed E-state index contributed by atoms with van der Waals surface area (Å²) in [7, 11) is 3.29. The molecule has 0 N–H and O–H groups in total. The van der Waals surface area contributed by atoms with E-state index in [0.29, 0.717) is 29.7 Å². The third-order valence-corrected chi connectivity index (χ3v) is 3.49. The minimum Gasteiger partial charge on any atom is -0.495 e. The molecule has 1 aromatic heterocycles. The highest BCUT2D eigenvalue weighted by Crippen LogP contribution is 2.17. The van der Waals surface area contributed by atoms with Gasteiger partial charge in [-0.15, -0.1) is 0 Å². The first-order chi connectivity index (χ1) is 11.6. The lowest BCUT2D eigenvalue weighted by Crippen LogP contribution is -2.29. The van der Waals surface area contributed by atoms with E-state index in [1.165, 1.54) is 6.08 Å². The smallest absolute Gasteiger partial charge is 0.246 e. The summed E-state index contributed by atoms with van der Waals surface area (Å²) in [4.78, 5) is 17.7. The number of rotatable bonds is 7. The van der Waals surface area contributed by atoms with Crippen LogP contribution in [-0.2, 0) is 4.79 Å². The number of amides is 1. The van der Waals surface area contributed by atoms with Crippen molar-refractivity contribution in [2.45, 2.75) is 0 Å². The summed E-state index contributed by atoms with van der Waals surface area (Å²) in [5, 5.41) is 0.617. The zero-order valence-electron chi connectivity index (χ0n) is 13.6. The predicted molar refractivity (Wildman–Crippen MR) is 94.4 cm³/mol. The van der Waals surface area contributed by atoms with Crippen LogP contribution in [-0.4, -0.2) is 43.1 Å². The summed E-state index contributed by atoms with van der Waals surface area (Å²) >= 11 is 5.89. The maximum absolute atomic E-state index is 12.1. The molecule has 2 aromatic rings. The SMILES string of the molecule is COc1cncc(C=CC(=O)N(C)CCOc2cccc(Cl)c2)c1. The van der Waals surface area contributed by atoms with E-state index in [9.17, 15) is 4.79 Å². The van der Waals surface area contributed by atoms with Crippen LogP contribution < -0.4 is 9.47 Å². The molecule has 1 heterocycles. The first-order valence-electron chi connectivity index (χ1n) is 7.39. The van der Waals surface area contributed by atoms with Crippen molar-refractivity contribution >= 4 is 23.6 Å². The number of ether oxygens (including phenoxy) is 2. The molecule has 0 aliphatic rings. The van der Waals surface area contributed by atoms with Crippen molar-refractivity contribution in [2.24, 2.45) is 0 Å². The molecule has 1 amide bonds. The van der Waals surface area contributed by atoms with Gasteiger partial charge in [-0.3, -0.25) is 9.78 Å². The Morgan fingerprint density at radius 3 is 2.88 bits per heavy atom. The Labute approximate surface area is 146 Å². The molecule has 0 aliphatic carbocycles. The largest absolute Gasteiger partial charge is 0.495 e. The van der Waals surface area contributed by atoms with Crippen molar-refractivity contribution in [3.8, 4) is 11.5 Å². The molecular weight excluding hydrogens is 328 g/mol. The first kappa shape index (κ1) is 17.8. The number of hydrogen-bond acceptors (Lipinski definition) is 4. The van der Waals surface area contributed by atoms with Gasteiger partial charge >= 0.3 is 0 Å². The number of carbonyl (C=O) groups excluding carboxylic acids is 1. The van der Waals surface area contributed by atoms with Crippen LogP contribution in [0, 0.1) is 0 Å². The van der Waals surface area contributed by atoms with Gasteiger partial charge in [-0.1, -0.05) is 17.7 Å². The third kappa shape index (κ3) is 5.59. The normalized spacial score (nSPS) is 10.6. The Kier molecular flexibility index (Phi) is 6.63. The van der Waals surface area contributed by atoms with E-state index in [-0.39, 0.29) is 5.91 Å². The number of methoxy groups -OCH3 is 1. The highest BCUT2D eigenvalue weighted by atomic mass is 35.5. The number of halogens is 1. The number of pyridine rings is 1. The number of carbonyl (C=O) groups is 1. The third-order valence-electron chi connectivity index (χ3n) is 3.26. The molecule has 0 bridgehead atoms. The second-order valence-electron chi connectivity index (χ2n) is 5.06. The van der Waals surface area contributed by atoms with Gasteiger partial charge < -0.3 is 14.4 Å². The van der Waals surface area contributed by atoms with Crippen LogP contribution in [0.5, 0.6) is 11.5 Å². The number of hydrogen-bond donors (Lipinski definition) is 0. The molecule has 0 atom stereocenters. The molecular formula is C18H19ClN2O3. The number of aromatic nitrogens is 1. The van der Waals surface area contributed by atoms with Gasteiger partial charge in [0.2, 0.25) is 5.91 Å². The second kappa shape index (κ2) is 8.93. The first-order valence-corrected chi connectivity index (χ1v) is 7.77. The summed E-state index contributed by atoms with van der Waals surface area (Å²) in [6.07, 6.45) is 6.47. The average molecular weight is 347 g/mol. The number of benzene rings is 1. The fraction of sp³-hybridized carbons (Fsp3) is 0.222. The van der Waals surface area contributed by atoms with Crippen molar-refractivity contribution in [1.29, 1.82) is 0 Å². The molecule has 1 aromatic carbocycles. The molecule has 0 saturated heterocycles. The molecule has 24 heavy (non-hydrogen) atoms. The lowest BCUT2D eigenvalue weighted by molar-refractivity contribution is -0.125. The number of nitrogens with zero attached hydrogens (tertiary/aromatic N) is 2. The highest BCUT2D eigenvalue weighted by molar-refractivity contribution is 6.30. The van der Waals surface area contributed by atoms with Gasteiger partial charge in [0.15, 0.2) is 0 Å². The molecule has 0 radical (unpaired) electrons. The van der Waals surface area contributed by atoms with Crippen LogP contribution >= 0.6 is 11.6 Å². The lowest BCUT2D eigenvalue weighted by atomic mass is 10.2.